The van der Waals surface area contributed by atoms with Crippen molar-refractivity contribution in [3.05, 3.63) is 0 Å². The second kappa shape index (κ2) is 7.45. The molecule has 0 radical (unpaired) electrons. The predicted octanol–water partition coefficient (Wildman–Crippen LogP) is 2.23. The average molecular weight is 244 g/mol. The van der Waals surface area contributed by atoms with E-state index in [1.54, 1.807) is 13.8 Å². The van der Waals surface area contributed by atoms with E-state index < -0.39 is 18.6 Å². The topological polar surface area (TPSA) is 44.8 Å². The van der Waals surface area contributed by atoms with Crippen LogP contribution in [0.15, 0.2) is 0 Å². The molecule has 0 aromatic carbocycles. The average Bonchev–Trinajstić information content (AvgIpc) is 2.20. The standard InChI is InChI=1S/C9H15F3O4/c1-3-5-14-8(15-6-4-2)16-7(13)9(10,11)12/h8H,3-6H2,1-2H3. The van der Waals surface area contributed by atoms with Gasteiger partial charge in [0, 0.05) is 0 Å². The zero-order valence-electron chi connectivity index (χ0n) is 9.17. The number of carbonyl (C=O) groups is 1. The van der Waals surface area contributed by atoms with Crippen molar-refractivity contribution in [2.75, 3.05) is 13.2 Å². The minimum absolute atomic E-state index is 0.152. The van der Waals surface area contributed by atoms with Crippen LogP contribution in [0, 0.1) is 0 Å². The Hall–Kier alpha value is -0.820. The number of alkyl halides is 3. The predicted molar refractivity (Wildman–Crippen MR) is 48.4 cm³/mol. The molecule has 0 aromatic rings. The van der Waals surface area contributed by atoms with Crippen LogP contribution >= 0.6 is 0 Å². The van der Waals surface area contributed by atoms with Crippen LogP contribution < -0.4 is 0 Å². The highest BCUT2D eigenvalue weighted by Crippen LogP contribution is 2.18. The lowest BCUT2D eigenvalue weighted by Crippen LogP contribution is -2.33. The van der Waals surface area contributed by atoms with Gasteiger partial charge in [0.1, 0.15) is 0 Å². The van der Waals surface area contributed by atoms with Gasteiger partial charge >= 0.3 is 18.6 Å². The highest BCUT2D eigenvalue weighted by atomic mass is 19.4. The van der Waals surface area contributed by atoms with E-state index >= 15 is 0 Å². The molecule has 0 aromatic heterocycles. The van der Waals surface area contributed by atoms with Crippen molar-refractivity contribution in [1.29, 1.82) is 0 Å². The van der Waals surface area contributed by atoms with Gasteiger partial charge in [0.05, 0.1) is 13.2 Å². The molecular weight excluding hydrogens is 229 g/mol. The summed E-state index contributed by atoms with van der Waals surface area (Å²) in [5.74, 6) is -2.32. The van der Waals surface area contributed by atoms with Crippen molar-refractivity contribution >= 4 is 5.97 Å². The van der Waals surface area contributed by atoms with E-state index in [1.807, 2.05) is 0 Å². The second-order valence-electron chi connectivity index (χ2n) is 2.93. The molecule has 4 nitrogen and oxygen atoms in total. The fourth-order valence-electron chi connectivity index (χ4n) is 0.699. The molecule has 7 heteroatoms. The van der Waals surface area contributed by atoms with Gasteiger partial charge in [0.25, 0.3) is 0 Å². The molecule has 0 aliphatic heterocycles. The summed E-state index contributed by atoms with van der Waals surface area (Å²) in [6.45, 7) is 2.25. The summed E-state index contributed by atoms with van der Waals surface area (Å²) >= 11 is 0. The Labute approximate surface area is 91.7 Å². The Morgan fingerprint density at radius 2 is 1.56 bits per heavy atom. The van der Waals surface area contributed by atoms with E-state index in [0.29, 0.717) is 12.8 Å². The molecule has 0 amide bonds. The van der Waals surface area contributed by atoms with Gasteiger partial charge in [-0.2, -0.15) is 13.2 Å². The van der Waals surface area contributed by atoms with Gasteiger partial charge in [0.2, 0.25) is 0 Å². The maximum Gasteiger partial charge on any atom is 0.491 e. The summed E-state index contributed by atoms with van der Waals surface area (Å²) in [5.41, 5.74) is 0. The molecule has 0 N–H and O–H groups in total. The van der Waals surface area contributed by atoms with Gasteiger partial charge < -0.3 is 14.2 Å². The van der Waals surface area contributed by atoms with Crippen molar-refractivity contribution in [2.24, 2.45) is 0 Å². The minimum Gasteiger partial charge on any atom is -0.404 e. The molecule has 0 bridgehead atoms. The summed E-state index contributed by atoms with van der Waals surface area (Å²) in [4.78, 5) is 10.5. The van der Waals surface area contributed by atoms with Crippen LogP contribution in [0.3, 0.4) is 0 Å². The normalized spacial score (nSPS) is 11.9. The molecule has 0 aliphatic rings. The SMILES string of the molecule is CCCOC(OCCC)OC(=O)C(F)(F)F. The molecular formula is C9H15F3O4. The van der Waals surface area contributed by atoms with Crippen molar-refractivity contribution in [2.45, 2.75) is 39.3 Å². The maximum atomic E-state index is 11.9. The zero-order valence-corrected chi connectivity index (χ0v) is 9.17. The van der Waals surface area contributed by atoms with Gasteiger partial charge in [-0.3, -0.25) is 0 Å². The summed E-state index contributed by atoms with van der Waals surface area (Å²) in [5, 5.41) is 0. The number of rotatable bonds is 7. The summed E-state index contributed by atoms with van der Waals surface area (Å²) < 4.78 is 49.2. The molecule has 0 spiro atoms. The number of esters is 1. The molecule has 96 valence electrons. The number of halogens is 3. The van der Waals surface area contributed by atoms with Crippen LogP contribution in [0.1, 0.15) is 26.7 Å². The smallest absolute Gasteiger partial charge is 0.404 e. The maximum absolute atomic E-state index is 11.9. The lowest BCUT2D eigenvalue weighted by molar-refractivity contribution is -0.293. The second-order valence-corrected chi connectivity index (χ2v) is 2.93. The summed E-state index contributed by atoms with van der Waals surface area (Å²) in [6.07, 6.45) is -3.88. The van der Waals surface area contributed by atoms with E-state index in [0.717, 1.165) is 0 Å². The first kappa shape index (κ1) is 15.2. The van der Waals surface area contributed by atoms with Gasteiger partial charge in [-0.15, -0.1) is 0 Å². The zero-order chi connectivity index (χ0) is 12.6. The van der Waals surface area contributed by atoms with Crippen molar-refractivity contribution in [1.82, 2.24) is 0 Å². The first-order chi connectivity index (χ1) is 7.41. The monoisotopic (exact) mass is 244 g/mol. The van der Waals surface area contributed by atoms with E-state index in [9.17, 15) is 18.0 Å². The Morgan fingerprint density at radius 3 is 1.88 bits per heavy atom. The van der Waals surface area contributed by atoms with E-state index in [-0.39, 0.29) is 13.2 Å². The van der Waals surface area contributed by atoms with Crippen LogP contribution in [0.5, 0.6) is 0 Å². The molecule has 16 heavy (non-hydrogen) atoms. The highest BCUT2D eigenvalue weighted by molar-refractivity contribution is 5.75. The fourth-order valence-corrected chi connectivity index (χ4v) is 0.699. The first-order valence-corrected chi connectivity index (χ1v) is 4.92. The lowest BCUT2D eigenvalue weighted by Gasteiger charge is -2.18. The van der Waals surface area contributed by atoms with Crippen LogP contribution in [0.25, 0.3) is 0 Å². The quantitative estimate of drug-likeness (QED) is 0.509. The molecule has 0 rings (SSSR count). The van der Waals surface area contributed by atoms with Crippen molar-refractivity contribution in [3.63, 3.8) is 0 Å². The molecule has 0 aliphatic carbocycles. The number of hydrogen-bond donors (Lipinski definition) is 0. The third kappa shape index (κ3) is 6.62. The van der Waals surface area contributed by atoms with E-state index in [1.165, 1.54) is 0 Å². The molecule has 0 saturated heterocycles. The van der Waals surface area contributed by atoms with Crippen LogP contribution in [-0.4, -0.2) is 31.8 Å². The largest absolute Gasteiger partial charge is 0.491 e. The van der Waals surface area contributed by atoms with Crippen molar-refractivity contribution < 1.29 is 32.2 Å². The van der Waals surface area contributed by atoms with E-state index in [4.69, 9.17) is 9.47 Å². The van der Waals surface area contributed by atoms with Crippen LogP contribution in [0.4, 0.5) is 13.2 Å². The molecule has 0 heterocycles. The Morgan fingerprint density at radius 1 is 1.12 bits per heavy atom. The number of carbonyl (C=O) groups excluding carboxylic acids is 1. The summed E-state index contributed by atoms with van der Waals surface area (Å²) in [7, 11) is 0. The van der Waals surface area contributed by atoms with Gasteiger partial charge in [-0.1, -0.05) is 13.8 Å². The van der Waals surface area contributed by atoms with Gasteiger partial charge in [-0.25, -0.2) is 4.79 Å². The fraction of sp³-hybridized carbons (Fsp3) is 0.889. The highest BCUT2D eigenvalue weighted by Gasteiger charge is 2.42. The lowest BCUT2D eigenvalue weighted by atomic mass is 10.5. The number of ether oxygens (including phenoxy) is 3. The van der Waals surface area contributed by atoms with E-state index in [2.05, 4.69) is 4.74 Å². The van der Waals surface area contributed by atoms with Crippen LogP contribution in [-0.2, 0) is 19.0 Å². The van der Waals surface area contributed by atoms with Gasteiger partial charge in [-0.05, 0) is 12.8 Å². The number of hydrogen-bond acceptors (Lipinski definition) is 4. The third-order valence-corrected chi connectivity index (χ3v) is 1.35. The molecule has 0 unspecified atom stereocenters. The minimum atomic E-state index is -5.04. The Bertz CT molecular complexity index is 197. The third-order valence-electron chi connectivity index (χ3n) is 1.35. The molecule has 0 fully saturated rings. The molecule has 0 atom stereocenters. The Balaban J connectivity index is 4.13. The molecule has 0 saturated carbocycles. The van der Waals surface area contributed by atoms with Crippen molar-refractivity contribution in [3.8, 4) is 0 Å². The summed E-state index contributed by atoms with van der Waals surface area (Å²) in [6, 6.07) is 0. The van der Waals surface area contributed by atoms with Gasteiger partial charge in [0.15, 0.2) is 0 Å². The Kier molecular flexibility index (Phi) is 7.07. The first-order valence-electron chi connectivity index (χ1n) is 4.92. The van der Waals surface area contributed by atoms with Crippen LogP contribution in [0.2, 0.25) is 0 Å².